The number of carbonyl (C=O) groups excluding carboxylic acids is 3. The van der Waals surface area contributed by atoms with Gasteiger partial charge in [0.05, 0.1) is 24.5 Å². The number of ether oxygens (including phenoxy) is 1. The van der Waals surface area contributed by atoms with Crippen LogP contribution in [0.4, 0.5) is 5.69 Å². The van der Waals surface area contributed by atoms with Gasteiger partial charge in [-0.1, -0.05) is 30.0 Å². The third-order valence-electron chi connectivity index (χ3n) is 4.75. The summed E-state index contributed by atoms with van der Waals surface area (Å²) in [6.45, 7) is 4.38. The summed E-state index contributed by atoms with van der Waals surface area (Å²) in [6, 6.07) is 15.0. The van der Waals surface area contributed by atoms with Gasteiger partial charge in [-0.25, -0.2) is 4.79 Å². The summed E-state index contributed by atoms with van der Waals surface area (Å²) in [5, 5.41) is 14.7. The van der Waals surface area contributed by atoms with Gasteiger partial charge in [0.15, 0.2) is 11.0 Å². The fourth-order valence-electron chi connectivity index (χ4n) is 3.09. The first-order valence-corrected chi connectivity index (χ1v) is 11.3. The van der Waals surface area contributed by atoms with Crippen molar-refractivity contribution < 1.29 is 19.1 Å². The van der Waals surface area contributed by atoms with Gasteiger partial charge in [-0.3, -0.25) is 9.59 Å². The minimum atomic E-state index is -0.438. The summed E-state index contributed by atoms with van der Waals surface area (Å²) >= 11 is 1.25. The number of esters is 1. The lowest BCUT2D eigenvalue weighted by Gasteiger charge is -2.15. The molecule has 2 amide bonds. The van der Waals surface area contributed by atoms with Crippen LogP contribution in [0.5, 0.6) is 0 Å². The molecule has 0 fully saturated rings. The molecule has 0 unspecified atom stereocenters. The summed E-state index contributed by atoms with van der Waals surface area (Å²) in [4.78, 5) is 36.3. The third kappa shape index (κ3) is 6.19. The molecule has 10 heteroatoms. The molecule has 0 aliphatic carbocycles. The molecule has 0 saturated heterocycles. The number of aromatic nitrogens is 3. The summed E-state index contributed by atoms with van der Waals surface area (Å²) in [5.41, 5.74) is 1.54. The van der Waals surface area contributed by atoms with Gasteiger partial charge < -0.3 is 19.9 Å². The quantitative estimate of drug-likeness (QED) is 0.366. The Kier molecular flexibility index (Phi) is 8.20. The standard InChI is InChI=1S/C23H25N5O4S/c1-4-28-20(15(2)24-21(30)16-8-6-5-7-9-16)26-27-23(28)33-14-19(29)25-18-12-10-17(11-13-18)22(31)32-3/h5-13,15H,4,14H2,1-3H3,(H,24,30)(H,25,29)/t15-/m1/s1. The smallest absolute Gasteiger partial charge is 0.337 e. The number of nitrogens with zero attached hydrogens (tertiary/aromatic N) is 3. The lowest BCUT2D eigenvalue weighted by atomic mass is 10.2. The van der Waals surface area contributed by atoms with Gasteiger partial charge in [-0.15, -0.1) is 10.2 Å². The predicted molar refractivity (Wildman–Crippen MR) is 125 cm³/mol. The maximum atomic E-state index is 12.4. The fourth-order valence-corrected chi connectivity index (χ4v) is 3.90. The van der Waals surface area contributed by atoms with E-state index in [2.05, 4.69) is 25.6 Å². The van der Waals surface area contributed by atoms with Crippen LogP contribution in [-0.4, -0.2) is 45.4 Å². The molecule has 1 heterocycles. The van der Waals surface area contributed by atoms with Gasteiger partial charge in [0.1, 0.15) is 0 Å². The van der Waals surface area contributed by atoms with Crippen LogP contribution in [0.25, 0.3) is 0 Å². The predicted octanol–water partition coefficient (Wildman–Crippen LogP) is 3.31. The number of amides is 2. The van der Waals surface area contributed by atoms with E-state index in [0.29, 0.717) is 34.3 Å². The van der Waals surface area contributed by atoms with Crippen LogP contribution in [0.15, 0.2) is 59.8 Å². The van der Waals surface area contributed by atoms with Crippen molar-refractivity contribution in [1.82, 2.24) is 20.1 Å². The average Bonchev–Trinajstić information content (AvgIpc) is 3.26. The average molecular weight is 468 g/mol. The lowest BCUT2D eigenvalue weighted by molar-refractivity contribution is -0.113. The molecule has 0 aliphatic rings. The van der Waals surface area contributed by atoms with Crippen LogP contribution >= 0.6 is 11.8 Å². The van der Waals surface area contributed by atoms with Gasteiger partial charge >= 0.3 is 5.97 Å². The minimum absolute atomic E-state index is 0.127. The zero-order valence-corrected chi connectivity index (χ0v) is 19.4. The normalized spacial score (nSPS) is 11.5. The number of hydrogen-bond donors (Lipinski definition) is 2. The molecule has 3 rings (SSSR count). The molecule has 2 aromatic carbocycles. The second-order valence-corrected chi connectivity index (χ2v) is 7.99. The molecule has 3 aromatic rings. The van der Waals surface area contributed by atoms with Gasteiger partial charge in [-0.05, 0) is 50.2 Å². The number of rotatable bonds is 9. The van der Waals surface area contributed by atoms with Crippen molar-refractivity contribution in [2.75, 3.05) is 18.2 Å². The van der Waals surface area contributed by atoms with Crippen molar-refractivity contribution in [3.8, 4) is 0 Å². The third-order valence-corrected chi connectivity index (χ3v) is 5.72. The van der Waals surface area contributed by atoms with Crippen LogP contribution in [0, 0.1) is 0 Å². The molecule has 33 heavy (non-hydrogen) atoms. The van der Waals surface area contributed by atoms with Crippen molar-refractivity contribution in [3.63, 3.8) is 0 Å². The molecular weight excluding hydrogens is 442 g/mol. The van der Waals surface area contributed by atoms with Crippen LogP contribution in [0.2, 0.25) is 0 Å². The molecule has 0 spiro atoms. The molecule has 0 radical (unpaired) electrons. The van der Waals surface area contributed by atoms with Crippen molar-refractivity contribution in [2.24, 2.45) is 0 Å². The molecule has 0 aliphatic heterocycles. The number of carbonyl (C=O) groups is 3. The highest BCUT2D eigenvalue weighted by Crippen LogP contribution is 2.21. The van der Waals surface area contributed by atoms with E-state index in [0.717, 1.165) is 0 Å². The fraction of sp³-hybridized carbons (Fsp3) is 0.261. The number of methoxy groups -OCH3 is 1. The van der Waals surface area contributed by atoms with Crippen LogP contribution < -0.4 is 10.6 Å². The van der Waals surface area contributed by atoms with Crippen LogP contribution in [0.3, 0.4) is 0 Å². The maximum Gasteiger partial charge on any atom is 0.337 e. The summed E-state index contributed by atoms with van der Waals surface area (Å²) in [6.07, 6.45) is 0. The van der Waals surface area contributed by atoms with Gasteiger partial charge in [0, 0.05) is 17.8 Å². The maximum absolute atomic E-state index is 12.4. The largest absolute Gasteiger partial charge is 0.465 e. The Bertz CT molecular complexity index is 1120. The van der Waals surface area contributed by atoms with E-state index in [4.69, 9.17) is 0 Å². The van der Waals surface area contributed by atoms with Crippen molar-refractivity contribution in [1.29, 1.82) is 0 Å². The molecular formula is C23H25N5O4S. The molecule has 0 saturated carbocycles. The van der Waals surface area contributed by atoms with Gasteiger partial charge in [0.2, 0.25) is 5.91 Å². The molecule has 2 N–H and O–H groups in total. The Morgan fingerprint density at radius 1 is 1.03 bits per heavy atom. The SMILES string of the molecule is CCn1c(SCC(=O)Nc2ccc(C(=O)OC)cc2)nnc1[C@@H](C)NC(=O)c1ccccc1. The van der Waals surface area contributed by atoms with Crippen molar-refractivity contribution in [3.05, 3.63) is 71.5 Å². The minimum Gasteiger partial charge on any atom is -0.465 e. The second kappa shape index (κ2) is 11.3. The second-order valence-electron chi connectivity index (χ2n) is 7.05. The summed E-state index contributed by atoms with van der Waals surface area (Å²) in [5.74, 6) is -0.110. The highest BCUT2D eigenvalue weighted by molar-refractivity contribution is 7.99. The van der Waals surface area contributed by atoms with E-state index < -0.39 is 5.97 Å². The topological polar surface area (TPSA) is 115 Å². The molecule has 1 atom stereocenters. The first-order valence-electron chi connectivity index (χ1n) is 10.3. The summed E-state index contributed by atoms with van der Waals surface area (Å²) < 4.78 is 6.54. The zero-order chi connectivity index (χ0) is 23.8. The molecule has 1 aromatic heterocycles. The van der Waals surface area contributed by atoms with E-state index in [1.54, 1.807) is 48.5 Å². The number of nitrogens with one attached hydrogen (secondary N) is 2. The van der Waals surface area contributed by atoms with E-state index in [-0.39, 0.29) is 23.6 Å². The van der Waals surface area contributed by atoms with Crippen molar-refractivity contribution in [2.45, 2.75) is 31.6 Å². The summed E-state index contributed by atoms with van der Waals surface area (Å²) in [7, 11) is 1.31. The Morgan fingerprint density at radius 2 is 1.73 bits per heavy atom. The molecule has 172 valence electrons. The van der Waals surface area contributed by atoms with Crippen molar-refractivity contribution >= 4 is 35.2 Å². The van der Waals surface area contributed by atoms with Gasteiger partial charge in [0.25, 0.3) is 5.91 Å². The Labute approximate surface area is 195 Å². The first kappa shape index (κ1) is 24.0. The van der Waals surface area contributed by atoms with E-state index >= 15 is 0 Å². The Hall–Kier alpha value is -3.66. The lowest BCUT2D eigenvalue weighted by Crippen LogP contribution is -2.28. The monoisotopic (exact) mass is 467 g/mol. The number of benzene rings is 2. The van der Waals surface area contributed by atoms with Gasteiger partial charge in [-0.2, -0.15) is 0 Å². The number of hydrogen-bond acceptors (Lipinski definition) is 7. The Morgan fingerprint density at radius 3 is 2.36 bits per heavy atom. The van der Waals surface area contributed by atoms with Crippen LogP contribution in [-0.2, 0) is 16.1 Å². The number of thioether (sulfide) groups is 1. The first-order chi connectivity index (χ1) is 15.9. The van der Waals surface area contributed by atoms with E-state index in [1.165, 1.54) is 18.9 Å². The zero-order valence-electron chi connectivity index (χ0n) is 18.6. The van der Waals surface area contributed by atoms with E-state index in [1.807, 2.05) is 24.5 Å². The molecule has 9 nitrogen and oxygen atoms in total. The highest BCUT2D eigenvalue weighted by atomic mass is 32.2. The van der Waals surface area contributed by atoms with E-state index in [9.17, 15) is 14.4 Å². The van der Waals surface area contributed by atoms with Crippen LogP contribution in [0.1, 0.15) is 46.4 Å². The molecule has 0 bridgehead atoms. The Balaban J connectivity index is 1.58. The highest BCUT2D eigenvalue weighted by Gasteiger charge is 2.20. The number of anilines is 1.